The van der Waals surface area contributed by atoms with Crippen LogP contribution in [0.2, 0.25) is 0 Å². The van der Waals surface area contributed by atoms with E-state index in [4.69, 9.17) is 9.26 Å². The molecule has 1 atom stereocenters. The summed E-state index contributed by atoms with van der Waals surface area (Å²) in [7, 11) is 1.63. The lowest BCUT2D eigenvalue weighted by atomic mass is 10.1. The Morgan fingerprint density at radius 2 is 2.05 bits per heavy atom. The molecule has 1 aliphatic heterocycles. The molecule has 1 aromatic heterocycles. The van der Waals surface area contributed by atoms with Gasteiger partial charge < -0.3 is 9.26 Å². The number of methoxy groups -OCH3 is 1. The average molecular weight is 282 g/mol. The van der Waals surface area contributed by atoms with E-state index in [2.05, 4.69) is 33.8 Å². The van der Waals surface area contributed by atoms with Gasteiger partial charge in [0, 0.05) is 39.3 Å². The predicted molar refractivity (Wildman–Crippen MR) is 76.2 cm³/mol. The van der Waals surface area contributed by atoms with E-state index in [1.807, 2.05) is 0 Å². The molecule has 2 rings (SSSR count). The first-order valence-electron chi connectivity index (χ1n) is 7.49. The minimum absolute atomic E-state index is 0.409. The van der Waals surface area contributed by atoms with Crippen molar-refractivity contribution in [3.8, 4) is 0 Å². The van der Waals surface area contributed by atoms with Crippen LogP contribution < -0.4 is 0 Å². The van der Waals surface area contributed by atoms with Gasteiger partial charge >= 0.3 is 0 Å². The standard InChI is InChI=1S/C14H26N4O2/c1-4-5-12(2)18-8-6-17(7-9-18)10-14-15-13(11-19-3)16-20-14/h12H,4-11H2,1-3H3/t12-/m1/s1. The van der Waals surface area contributed by atoms with Crippen LogP contribution in [0.25, 0.3) is 0 Å². The molecule has 0 spiro atoms. The molecular weight excluding hydrogens is 256 g/mol. The fraction of sp³-hybridized carbons (Fsp3) is 0.857. The summed E-state index contributed by atoms with van der Waals surface area (Å²) in [5.41, 5.74) is 0. The van der Waals surface area contributed by atoms with Crippen LogP contribution in [0.4, 0.5) is 0 Å². The van der Waals surface area contributed by atoms with Gasteiger partial charge in [-0.05, 0) is 13.3 Å². The number of aromatic nitrogens is 2. The quantitative estimate of drug-likeness (QED) is 0.756. The summed E-state index contributed by atoms with van der Waals surface area (Å²) < 4.78 is 10.2. The molecule has 0 bridgehead atoms. The molecule has 0 aliphatic carbocycles. The molecule has 0 unspecified atom stereocenters. The van der Waals surface area contributed by atoms with Crippen molar-refractivity contribution in [1.82, 2.24) is 19.9 Å². The molecule has 20 heavy (non-hydrogen) atoms. The predicted octanol–water partition coefficient (Wildman–Crippen LogP) is 1.52. The van der Waals surface area contributed by atoms with E-state index in [1.54, 1.807) is 7.11 Å². The second kappa shape index (κ2) is 7.71. The Hall–Kier alpha value is -0.980. The third kappa shape index (κ3) is 4.26. The maximum absolute atomic E-state index is 5.24. The Balaban J connectivity index is 1.76. The van der Waals surface area contributed by atoms with Gasteiger partial charge in [0.15, 0.2) is 5.82 Å². The maximum Gasteiger partial charge on any atom is 0.240 e. The van der Waals surface area contributed by atoms with E-state index in [1.165, 1.54) is 12.8 Å². The number of nitrogens with zero attached hydrogens (tertiary/aromatic N) is 4. The third-order valence-electron chi connectivity index (χ3n) is 3.88. The first-order valence-corrected chi connectivity index (χ1v) is 7.49. The van der Waals surface area contributed by atoms with Gasteiger partial charge in [-0.2, -0.15) is 4.98 Å². The van der Waals surface area contributed by atoms with Crippen LogP contribution in [-0.4, -0.2) is 59.3 Å². The number of hydrogen-bond acceptors (Lipinski definition) is 6. The van der Waals surface area contributed by atoms with Gasteiger partial charge in [0.1, 0.15) is 6.61 Å². The first kappa shape index (κ1) is 15.4. The number of hydrogen-bond donors (Lipinski definition) is 0. The van der Waals surface area contributed by atoms with Crippen LogP contribution in [0.3, 0.4) is 0 Å². The largest absolute Gasteiger partial charge is 0.377 e. The minimum atomic E-state index is 0.409. The zero-order valence-electron chi connectivity index (χ0n) is 12.8. The summed E-state index contributed by atoms with van der Waals surface area (Å²) in [4.78, 5) is 9.27. The average Bonchev–Trinajstić information content (AvgIpc) is 2.88. The third-order valence-corrected chi connectivity index (χ3v) is 3.88. The normalized spacial score (nSPS) is 19.4. The van der Waals surface area contributed by atoms with Crippen LogP contribution in [-0.2, 0) is 17.9 Å². The zero-order valence-corrected chi connectivity index (χ0v) is 12.8. The molecule has 1 saturated heterocycles. The molecular formula is C14H26N4O2. The molecule has 6 nitrogen and oxygen atoms in total. The van der Waals surface area contributed by atoms with E-state index >= 15 is 0 Å². The minimum Gasteiger partial charge on any atom is -0.377 e. The lowest BCUT2D eigenvalue weighted by molar-refractivity contribution is 0.0873. The highest BCUT2D eigenvalue weighted by molar-refractivity contribution is 4.86. The molecule has 0 N–H and O–H groups in total. The Labute approximate surface area is 121 Å². The Morgan fingerprint density at radius 1 is 1.30 bits per heavy atom. The highest BCUT2D eigenvalue weighted by Crippen LogP contribution is 2.12. The molecule has 0 amide bonds. The van der Waals surface area contributed by atoms with Gasteiger partial charge in [-0.3, -0.25) is 9.80 Å². The summed E-state index contributed by atoms with van der Waals surface area (Å²) in [6, 6.07) is 0.693. The van der Waals surface area contributed by atoms with Crippen molar-refractivity contribution in [2.75, 3.05) is 33.3 Å². The highest BCUT2D eigenvalue weighted by Gasteiger charge is 2.21. The van der Waals surface area contributed by atoms with E-state index < -0.39 is 0 Å². The lowest BCUT2D eigenvalue weighted by Crippen LogP contribution is -2.49. The number of rotatable bonds is 7. The fourth-order valence-corrected chi connectivity index (χ4v) is 2.70. The summed E-state index contributed by atoms with van der Waals surface area (Å²) in [5.74, 6) is 1.31. The smallest absolute Gasteiger partial charge is 0.240 e. The summed E-state index contributed by atoms with van der Waals surface area (Å²) in [6.45, 7) is 10.1. The lowest BCUT2D eigenvalue weighted by Gasteiger charge is -2.37. The molecule has 0 saturated carbocycles. The van der Waals surface area contributed by atoms with Gasteiger partial charge in [-0.1, -0.05) is 18.5 Å². The van der Waals surface area contributed by atoms with Crippen molar-refractivity contribution in [1.29, 1.82) is 0 Å². The van der Waals surface area contributed by atoms with Crippen LogP contribution in [0, 0.1) is 0 Å². The number of ether oxygens (including phenoxy) is 1. The van der Waals surface area contributed by atoms with E-state index in [0.717, 1.165) is 32.7 Å². The Morgan fingerprint density at radius 3 is 2.70 bits per heavy atom. The van der Waals surface area contributed by atoms with Crippen molar-refractivity contribution in [2.24, 2.45) is 0 Å². The molecule has 1 fully saturated rings. The first-order chi connectivity index (χ1) is 9.72. The topological polar surface area (TPSA) is 54.6 Å². The summed E-state index contributed by atoms with van der Waals surface area (Å²) >= 11 is 0. The van der Waals surface area contributed by atoms with Gasteiger partial charge in [0.2, 0.25) is 5.89 Å². The van der Waals surface area contributed by atoms with Crippen molar-refractivity contribution in [3.63, 3.8) is 0 Å². The van der Waals surface area contributed by atoms with E-state index in [-0.39, 0.29) is 0 Å². The molecule has 0 aromatic carbocycles. The zero-order chi connectivity index (χ0) is 14.4. The Bertz CT molecular complexity index is 388. The van der Waals surface area contributed by atoms with Gasteiger partial charge in [0.05, 0.1) is 6.54 Å². The van der Waals surface area contributed by atoms with Crippen molar-refractivity contribution >= 4 is 0 Å². The van der Waals surface area contributed by atoms with Crippen LogP contribution in [0.15, 0.2) is 4.52 Å². The van der Waals surface area contributed by atoms with Crippen molar-refractivity contribution in [3.05, 3.63) is 11.7 Å². The molecule has 2 heterocycles. The fourth-order valence-electron chi connectivity index (χ4n) is 2.70. The SMILES string of the molecule is CCC[C@@H](C)N1CCN(Cc2nc(COC)no2)CC1. The summed E-state index contributed by atoms with van der Waals surface area (Å²) in [6.07, 6.45) is 2.54. The van der Waals surface area contributed by atoms with Crippen molar-refractivity contribution in [2.45, 2.75) is 45.9 Å². The monoisotopic (exact) mass is 282 g/mol. The molecule has 114 valence electrons. The van der Waals surface area contributed by atoms with E-state index in [0.29, 0.717) is 24.4 Å². The van der Waals surface area contributed by atoms with Gasteiger partial charge in [-0.25, -0.2) is 0 Å². The second-order valence-electron chi connectivity index (χ2n) is 5.49. The second-order valence-corrected chi connectivity index (χ2v) is 5.49. The van der Waals surface area contributed by atoms with Gasteiger partial charge in [0.25, 0.3) is 0 Å². The maximum atomic E-state index is 5.24. The van der Waals surface area contributed by atoms with E-state index in [9.17, 15) is 0 Å². The van der Waals surface area contributed by atoms with Crippen LogP contribution in [0.1, 0.15) is 38.4 Å². The summed E-state index contributed by atoms with van der Waals surface area (Å²) in [5, 5.41) is 3.89. The molecule has 1 aromatic rings. The molecule has 6 heteroatoms. The highest BCUT2D eigenvalue weighted by atomic mass is 16.5. The Kier molecular flexibility index (Phi) is 5.94. The van der Waals surface area contributed by atoms with Crippen LogP contribution >= 0.6 is 0 Å². The van der Waals surface area contributed by atoms with Crippen LogP contribution in [0.5, 0.6) is 0 Å². The van der Waals surface area contributed by atoms with Gasteiger partial charge in [-0.15, -0.1) is 0 Å². The number of piperazine rings is 1. The molecule has 0 radical (unpaired) electrons. The van der Waals surface area contributed by atoms with Crippen molar-refractivity contribution < 1.29 is 9.26 Å². The molecule has 1 aliphatic rings.